The first-order valence-electron chi connectivity index (χ1n) is 7.33. The maximum atomic E-state index is 12.8. The molecule has 1 aromatic carbocycles. The highest BCUT2D eigenvalue weighted by atomic mass is 19.4. The van der Waals surface area contributed by atoms with E-state index in [-0.39, 0.29) is 13.0 Å². The SMILES string of the molecule is C[C@@H](Oc1cccc(C#N)c1)C(=O)N1CCC[C@H](C(F)(F)F)C1. The molecule has 1 fully saturated rings. The van der Waals surface area contributed by atoms with Gasteiger partial charge in [-0.3, -0.25) is 4.79 Å². The zero-order valence-electron chi connectivity index (χ0n) is 12.6. The van der Waals surface area contributed by atoms with Crippen molar-refractivity contribution in [1.82, 2.24) is 4.90 Å². The highest BCUT2D eigenvalue weighted by Gasteiger charge is 2.43. The Kier molecular flexibility index (Phi) is 5.14. The molecule has 1 aliphatic rings. The lowest BCUT2D eigenvalue weighted by Gasteiger charge is -2.35. The molecule has 1 heterocycles. The van der Waals surface area contributed by atoms with E-state index in [9.17, 15) is 18.0 Å². The van der Waals surface area contributed by atoms with E-state index in [0.717, 1.165) is 0 Å². The summed E-state index contributed by atoms with van der Waals surface area (Å²) in [6, 6.07) is 8.25. The van der Waals surface area contributed by atoms with Gasteiger partial charge in [0, 0.05) is 13.1 Å². The van der Waals surface area contributed by atoms with Crippen LogP contribution in [0, 0.1) is 17.2 Å². The number of amides is 1. The Morgan fingerprint density at radius 2 is 2.22 bits per heavy atom. The molecule has 1 amide bonds. The van der Waals surface area contributed by atoms with Gasteiger partial charge in [-0.25, -0.2) is 0 Å². The summed E-state index contributed by atoms with van der Waals surface area (Å²) in [5.74, 6) is -1.61. The molecule has 1 saturated heterocycles. The van der Waals surface area contributed by atoms with E-state index in [2.05, 4.69) is 0 Å². The molecule has 2 rings (SSSR count). The number of ether oxygens (including phenoxy) is 1. The van der Waals surface area contributed by atoms with E-state index < -0.39 is 24.1 Å². The molecule has 0 bridgehead atoms. The van der Waals surface area contributed by atoms with E-state index in [0.29, 0.717) is 24.3 Å². The monoisotopic (exact) mass is 326 g/mol. The molecule has 0 unspecified atom stereocenters. The van der Waals surface area contributed by atoms with Crippen molar-refractivity contribution in [3.63, 3.8) is 0 Å². The van der Waals surface area contributed by atoms with Crippen molar-refractivity contribution in [2.45, 2.75) is 32.0 Å². The van der Waals surface area contributed by atoms with Crippen molar-refractivity contribution in [3.05, 3.63) is 29.8 Å². The van der Waals surface area contributed by atoms with Crippen molar-refractivity contribution in [2.24, 2.45) is 5.92 Å². The van der Waals surface area contributed by atoms with Crippen LogP contribution in [0.5, 0.6) is 5.75 Å². The highest BCUT2D eigenvalue weighted by molar-refractivity contribution is 5.81. The van der Waals surface area contributed by atoms with E-state index in [1.165, 1.54) is 17.9 Å². The van der Waals surface area contributed by atoms with E-state index in [1.807, 2.05) is 6.07 Å². The summed E-state index contributed by atoms with van der Waals surface area (Å²) in [4.78, 5) is 13.5. The number of alkyl halides is 3. The van der Waals surface area contributed by atoms with Gasteiger partial charge in [-0.1, -0.05) is 6.07 Å². The zero-order chi connectivity index (χ0) is 17.0. The second-order valence-electron chi connectivity index (χ2n) is 5.56. The summed E-state index contributed by atoms with van der Waals surface area (Å²) < 4.78 is 43.9. The van der Waals surface area contributed by atoms with Crippen LogP contribution in [0.1, 0.15) is 25.3 Å². The van der Waals surface area contributed by atoms with Crippen molar-refractivity contribution in [2.75, 3.05) is 13.1 Å². The fraction of sp³-hybridized carbons (Fsp3) is 0.500. The molecule has 0 aliphatic carbocycles. The molecule has 0 spiro atoms. The van der Waals surface area contributed by atoms with Crippen molar-refractivity contribution < 1.29 is 22.7 Å². The number of piperidine rings is 1. The lowest BCUT2D eigenvalue weighted by Crippen LogP contribution is -2.48. The van der Waals surface area contributed by atoms with Crippen molar-refractivity contribution in [3.8, 4) is 11.8 Å². The molecule has 0 N–H and O–H groups in total. The van der Waals surface area contributed by atoms with Gasteiger partial charge in [0.1, 0.15) is 5.75 Å². The average molecular weight is 326 g/mol. The summed E-state index contributed by atoms with van der Waals surface area (Å²) in [5.41, 5.74) is 0.386. The Hall–Kier alpha value is -2.23. The molecular formula is C16H17F3N2O2. The molecule has 0 aromatic heterocycles. The van der Waals surface area contributed by atoms with Crippen molar-refractivity contribution >= 4 is 5.91 Å². The second kappa shape index (κ2) is 6.90. The Balaban J connectivity index is 2.00. The van der Waals surface area contributed by atoms with Gasteiger partial charge in [-0.05, 0) is 38.0 Å². The average Bonchev–Trinajstić information content (AvgIpc) is 2.53. The van der Waals surface area contributed by atoms with Gasteiger partial charge in [0.2, 0.25) is 0 Å². The predicted molar refractivity (Wildman–Crippen MR) is 76.6 cm³/mol. The standard InChI is InChI=1S/C16H17F3N2O2/c1-11(23-14-6-2-4-12(8-14)9-20)15(22)21-7-3-5-13(10-21)16(17,18)19/h2,4,6,8,11,13H,3,5,7,10H2,1H3/t11-,13+/m1/s1. The lowest BCUT2D eigenvalue weighted by molar-refractivity contribution is -0.189. The smallest absolute Gasteiger partial charge is 0.393 e. The third kappa shape index (κ3) is 4.38. The lowest BCUT2D eigenvalue weighted by atomic mass is 9.97. The fourth-order valence-electron chi connectivity index (χ4n) is 2.60. The number of carbonyl (C=O) groups excluding carboxylic acids is 1. The number of hydrogen-bond acceptors (Lipinski definition) is 3. The van der Waals surface area contributed by atoms with E-state index >= 15 is 0 Å². The zero-order valence-corrected chi connectivity index (χ0v) is 12.6. The molecule has 0 radical (unpaired) electrons. The summed E-state index contributed by atoms with van der Waals surface area (Å²) >= 11 is 0. The quantitative estimate of drug-likeness (QED) is 0.857. The second-order valence-corrected chi connectivity index (χ2v) is 5.56. The van der Waals surface area contributed by atoms with E-state index in [4.69, 9.17) is 10.00 Å². The van der Waals surface area contributed by atoms with Crippen molar-refractivity contribution in [1.29, 1.82) is 5.26 Å². The fourth-order valence-corrected chi connectivity index (χ4v) is 2.60. The maximum absolute atomic E-state index is 12.8. The first-order valence-corrected chi connectivity index (χ1v) is 7.33. The van der Waals surface area contributed by atoms with Gasteiger partial charge < -0.3 is 9.64 Å². The Bertz CT molecular complexity index is 610. The van der Waals surface area contributed by atoms with E-state index in [1.54, 1.807) is 18.2 Å². The summed E-state index contributed by atoms with van der Waals surface area (Å²) in [6.45, 7) is 1.48. The minimum Gasteiger partial charge on any atom is -0.481 e. The van der Waals surface area contributed by atoms with Crippen LogP contribution >= 0.6 is 0 Å². The van der Waals surface area contributed by atoms with Crippen LogP contribution < -0.4 is 4.74 Å². The summed E-state index contributed by atoms with van der Waals surface area (Å²) in [7, 11) is 0. The molecule has 124 valence electrons. The Labute approximate surface area is 132 Å². The van der Waals surface area contributed by atoms with Gasteiger partial charge in [-0.2, -0.15) is 18.4 Å². The largest absolute Gasteiger partial charge is 0.481 e. The minimum atomic E-state index is -4.29. The van der Waals surface area contributed by atoms with Crippen LogP contribution in [0.3, 0.4) is 0 Å². The first-order chi connectivity index (χ1) is 10.8. The van der Waals surface area contributed by atoms with Crippen LogP contribution in [-0.2, 0) is 4.79 Å². The number of likely N-dealkylation sites (tertiary alicyclic amines) is 1. The molecule has 4 nitrogen and oxygen atoms in total. The number of nitriles is 1. The molecule has 2 atom stereocenters. The Morgan fingerprint density at radius 3 is 2.87 bits per heavy atom. The first kappa shape index (κ1) is 17.1. The van der Waals surface area contributed by atoms with Gasteiger partial charge in [0.05, 0.1) is 17.6 Å². The van der Waals surface area contributed by atoms with Crippen LogP contribution in [-0.4, -0.2) is 36.2 Å². The predicted octanol–water partition coefficient (Wildman–Crippen LogP) is 3.13. The molecule has 23 heavy (non-hydrogen) atoms. The normalized spacial score (nSPS) is 19.8. The Morgan fingerprint density at radius 1 is 1.48 bits per heavy atom. The topological polar surface area (TPSA) is 53.3 Å². The minimum absolute atomic E-state index is 0.0483. The number of rotatable bonds is 3. The van der Waals surface area contributed by atoms with Gasteiger partial charge >= 0.3 is 6.18 Å². The molecule has 1 aliphatic heterocycles. The number of nitrogens with zero attached hydrogens (tertiary/aromatic N) is 2. The maximum Gasteiger partial charge on any atom is 0.393 e. The number of carbonyl (C=O) groups is 1. The third-order valence-electron chi connectivity index (χ3n) is 3.82. The van der Waals surface area contributed by atoms with Gasteiger partial charge in [0.15, 0.2) is 6.10 Å². The van der Waals surface area contributed by atoms with Gasteiger partial charge in [-0.15, -0.1) is 0 Å². The molecule has 0 saturated carbocycles. The highest BCUT2D eigenvalue weighted by Crippen LogP contribution is 2.33. The number of hydrogen-bond donors (Lipinski definition) is 0. The molecule has 7 heteroatoms. The van der Waals surface area contributed by atoms with Crippen LogP contribution in [0.2, 0.25) is 0 Å². The van der Waals surface area contributed by atoms with Gasteiger partial charge in [0.25, 0.3) is 5.91 Å². The summed E-state index contributed by atoms with van der Waals surface area (Å²) in [6.07, 6.45) is -4.82. The molecule has 1 aromatic rings. The number of benzene rings is 1. The van der Waals surface area contributed by atoms with Crippen LogP contribution in [0.25, 0.3) is 0 Å². The summed E-state index contributed by atoms with van der Waals surface area (Å²) in [5, 5.41) is 8.83. The van der Waals surface area contributed by atoms with Crippen LogP contribution in [0.15, 0.2) is 24.3 Å². The van der Waals surface area contributed by atoms with Crippen LogP contribution in [0.4, 0.5) is 13.2 Å². The third-order valence-corrected chi connectivity index (χ3v) is 3.82. The number of halogens is 3. The molecular weight excluding hydrogens is 309 g/mol.